The number of piperazine rings is 1. The maximum absolute atomic E-state index is 14.1. The summed E-state index contributed by atoms with van der Waals surface area (Å²) in [5.41, 5.74) is -0.293. The molecule has 0 aliphatic carbocycles. The van der Waals surface area contributed by atoms with Crippen LogP contribution in [0.15, 0.2) is 23.6 Å². The number of nitrogens with zero attached hydrogens (tertiary/aromatic N) is 5. The van der Waals surface area contributed by atoms with E-state index in [9.17, 15) is 32.7 Å². The van der Waals surface area contributed by atoms with Crippen molar-refractivity contribution in [3.63, 3.8) is 0 Å². The summed E-state index contributed by atoms with van der Waals surface area (Å²) in [7, 11) is 2.21. The van der Waals surface area contributed by atoms with Gasteiger partial charge in [-0.3, -0.25) is 14.5 Å². The zero-order valence-electron chi connectivity index (χ0n) is 28.1. The van der Waals surface area contributed by atoms with Crippen molar-refractivity contribution in [2.45, 2.75) is 88.3 Å². The molecule has 5 aliphatic heterocycles. The zero-order chi connectivity index (χ0) is 35.3. The third-order valence-electron chi connectivity index (χ3n) is 11.7. The SMILES string of the molecule is CN1C2CCC1CC(N1CCN(C(=O)[C@H](CC(=O)N3CCC(N4Cc5sccc5NC4=O)CC3)Cc3cc(Cl)c(O)c(C(F)(F)F)c3)CC1)C2. The second-order valence-corrected chi connectivity index (χ2v) is 15.9. The van der Waals surface area contributed by atoms with E-state index in [0.29, 0.717) is 76.8 Å². The van der Waals surface area contributed by atoms with Gasteiger partial charge in [0.2, 0.25) is 11.8 Å². The Balaban J connectivity index is 1.02. The highest BCUT2D eigenvalue weighted by atomic mass is 35.5. The van der Waals surface area contributed by atoms with Gasteiger partial charge < -0.3 is 30.0 Å². The molecule has 4 saturated heterocycles. The molecular formula is C35H44ClF3N6O4S. The van der Waals surface area contributed by atoms with Gasteiger partial charge in [-0.05, 0) is 81.1 Å². The number of piperidine rings is 2. The lowest BCUT2D eigenvalue weighted by molar-refractivity contribution is -0.143. The van der Waals surface area contributed by atoms with Crippen LogP contribution in [0.1, 0.15) is 60.9 Å². The molecule has 6 heterocycles. The lowest BCUT2D eigenvalue weighted by Crippen LogP contribution is -2.56. The van der Waals surface area contributed by atoms with Gasteiger partial charge in [0.25, 0.3) is 0 Å². The number of fused-ring (bicyclic) bond motifs is 3. The minimum Gasteiger partial charge on any atom is -0.506 e. The Hall–Kier alpha value is -3.07. The number of aromatic hydroxyl groups is 1. The highest BCUT2D eigenvalue weighted by Gasteiger charge is 2.42. The molecule has 4 fully saturated rings. The van der Waals surface area contributed by atoms with Gasteiger partial charge >= 0.3 is 12.2 Å². The van der Waals surface area contributed by atoms with E-state index in [2.05, 4.69) is 22.2 Å². The average Bonchev–Trinajstić information content (AvgIpc) is 3.61. The minimum atomic E-state index is -4.84. The molecule has 1 aromatic heterocycles. The summed E-state index contributed by atoms with van der Waals surface area (Å²) in [5, 5.41) is 14.5. The first-order valence-corrected chi connectivity index (χ1v) is 18.9. The Labute approximate surface area is 299 Å². The van der Waals surface area contributed by atoms with E-state index >= 15 is 0 Å². The average molecular weight is 737 g/mol. The Morgan fingerprint density at radius 1 is 0.980 bits per heavy atom. The molecule has 4 amide bonds. The quantitative estimate of drug-likeness (QED) is 0.391. The predicted molar refractivity (Wildman–Crippen MR) is 184 cm³/mol. The number of hydrogen-bond acceptors (Lipinski definition) is 7. The molecule has 5 aliphatic rings. The van der Waals surface area contributed by atoms with Gasteiger partial charge in [-0.2, -0.15) is 13.2 Å². The molecule has 0 spiro atoms. The number of halogens is 4. The molecule has 1 aromatic carbocycles. The van der Waals surface area contributed by atoms with Gasteiger partial charge in [-0.15, -0.1) is 11.3 Å². The number of anilines is 1. The molecule has 3 atom stereocenters. The second-order valence-electron chi connectivity index (χ2n) is 14.5. The number of carbonyl (C=O) groups is 3. The van der Waals surface area contributed by atoms with E-state index in [1.54, 1.807) is 21.1 Å². The third kappa shape index (κ3) is 7.18. The van der Waals surface area contributed by atoms with Crippen molar-refractivity contribution < 1.29 is 32.7 Å². The van der Waals surface area contributed by atoms with E-state index in [1.807, 2.05) is 16.3 Å². The Morgan fingerprint density at radius 2 is 1.66 bits per heavy atom. The molecule has 15 heteroatoms. The number of nitrogens with one attached hydrogen (secondary N) is 1. The van der Waals surface area contributed by atoms with Crippen LogP contribution >= 0.6 is 22.9 Å². The van der Waals surface area contributed by atoms with Crippen LogP contribution in [-0.4, -0.2) is 118 Å². The number of phenols is 1. The largest absolute Gasteiger partial charge is 0.506 e. The number of urea groups is 1. The number of likely N-dealkylation sites (tertiary alicyclic amines) is 1. The van der Waals surface area contributed by atoms with Crippen molar-refractivity contribution in [3.05, 3.63) is 44.6 Å². The number of amides is 4. The van der Waals surface area contributed by atoms with E-state index in [0.717, 1.165) is 29.5 Å². The van der Waals surface area contributed by atoms with E-state index in [-0.39, 0.29) is 42.3 Å². The number of carbonyl (C=O) groups excluding carboxylic acids is 3. The van der Waals surface area contributed by atoms with Gasteiger partial charge in [-0.1, -0.05) is 11.6 Å². The Morgan fingerprint density at radius 3 is 2.32 bits per heavy atom. The molecule has 2 N–H and O–H groups in total. The summed E-state index contributed by atoms with van der Waals surface area (Å²) in [5.74, 6) is -2.46. The third-order valence-corrected chi connectivity index (χ3v) is 12.9. The number of phenolic OH excluding ortho intramolecular Hbond substituents is 1. The van der Waals surface area contributed by atoms with Crippen LogP contribution in [0.4, 0.5) is 23.7 Å². The first-order chi connectivity index (χ1) is 23.9. The molecule has 7 rings (SSSR count). The maximum atomic E-state index is 14.1. The van der Waals surface area contributed by atoms with Crippen molar-refractivity contribution in [2.24, 2.45) is 5.92 Å². The van der Waals surface area contributed by atoms with Gasteiger partial charge in [0.1, 0.15) is 5.75 Å². The lowest BCUT2D eigenvalue weighted by Gasteiger charge is -2.45. The summed E-state index contributed by atoms with van der Waals surface area (Å²) in [6, 6.07) is 5.45. The fraction of sp³-hybridized carbons (Fsp3) is 0.629. The van der Waals surface area contributed by atoms with E-state index < -0.39 is 28.4 Å². The minimum absolute atomic E-state index is 0.0392. The summed E-state index contributed by atoms with van der Waals surface area (Å²) < 4.78 is 41.3. The first-order valence-electron chi connectivity index (χ1n) is 17.6. The molecule has 10 nitrogen and oxygen atoms in total. The molecule has 2 bridgehead atoms. The lowest BCUT2D eigenvalue weighted by atomic mass is 9.91. The van der Waals surface area contributed by atoms with E-state index in [4.69, 9.17) is 11.6 Å². The first kappa shape index (κ1) is 35.3. The van der Waals surface area contributed by atoms with Gasteiger partial charge in [-0.25, -0.2) is 4.79 Å². The standard InChI is InChI=1S/C35H44ClF3N6O4S/c1-41-24-2-3-25(41)19-26(18-24)42-9-11-44(12-10-42)33(48)22(14-21-15-27(35(37,38)39)32(47)28(36)16-21)17-31(46)43-7-4-23(5-8-43)45-20-30-29(6-13-50-30)40-34(45)49/h6,13,15-16,22-26,47H,2-5,7-12,14,17-20H2,1H3,(H,40,49)/t22-,24?,25?,26?/m0/s1. The summed E-state index contributed by atoms with van der Waals surface area (Å²) >= 11 is 7.63. The summed E-state index contributed by atoms with van der Waals surface area (Å²) in [6.07, 6.45) is 0.733. The normalized spacial score (nSPS) is 25.8. The number of rotatable bonds is 7. The second kappa shape index (κ2) is 14.2. The highest BCUT2D eigenvalue weighted by Crippen LogP contribution is 2.41. The molecule has 2 unspecified atom stereocenters. The number of benzene rings is 1. The van der Waals surface area contributed by atoms with Crippen molar-refractivity contribution in [1.82, 2.24) is 24.5 Å². The number of thiophene rings is 1. The van der Waals surface area contributed by atoms with Gasteiger partial charge in [0.05, 0.1) is 28.7 Å². The van der Waals surface area contributed by atoms with Gasteiger partial charge in [0.15, 0.2) is 0 Å². The van der Waals surface area contributed by atoms with Crippen LogP contribution in [0.2, 0.25) is 5.02 Å². The summed E-state index contributed by atoms with van der Waals surface area (Å²) in [4.78, 5) is 52.0. The van der Waals surface area contributed by atoms with Crippen LogP contribution in [0.5, 0.6) is 5.75 Å². The van der Waals surface area contributed by atoms with Crippen LogP contribution in [0.25, 0.3) is 0 Å². The smallest absolute Gasteiger partial charge is 0.420 e. The van der Waals surface area contributed by atoms with Crippen LogP contribution in [0.3, 0.4) is 0 Å². The van der Waals surface area contributed by atoms with Crippen LogP contribution in [-0.2, 0) is 28.7 Å². The van der Waals surface area contributed by atoms with Crippen LogP contribution < -0.4 is 5.32 Å². The fourth-order valence-corrected chi connectivity index (χ4v) is 9.89. The Kier molecular flexibility index (Phi) is 10.0. The van der Waals surface area contributed by atoms with Gasteiger partial charge in [0, 0.05) is 74.7 Å². The van der Waals surface area contributed by atoms with Crippen molar-refractivity contribution in [2.75, 3.05) is 51.6 Å². The van der Waals surface area contributed by atoms with Crippen molar-refractivity contribution >= 4 is 46.5 Å². The fourth-order valence-electron chi connectivity index (χ4n) is 8.82. The van der Waals surface area contributed by atoms with E-state index in [1.165, 1.54) is 18.9 Å². The molecule has 2 aromatic rings. The summed E-state index contributed by atoms with van der Waals surface area (Å²) in [6.45, 7) is 3.75. The maximum Gasteiger partial charge on any atom is 0.420 e. The van der Waals surface area contributed by atoms with Crippen LogP contribution in [0, 0.1) is 5.92 Å². The number of hydrogen-bond donors (Lipinski definition) is 2. The zero-order valence-corrected chi connectivity index (χ0v) is 29.7. The Bertz CT molecular complexity index is 1590. The molecule has 50 heavy (non-hydrogen) atoms. The highest BCUT2D eigenvalue weighted by molar-refractivity contribution is 7.10. The van der Waals surface area contributed by atoms with Crippen molar-refractivity contribution in [1.29, 1.82) is 0 Å². The number of alkyl halides is 3. The monoisotopic (exact) mass is 736 g/mol. The topological polar surface area (TPSA) is 99.7 Å². The predicted octanol–water partition coefficient (Wildman–Crippen LogP) is 5.48. The van der Waals surface area contributed by atoms with Crippen molar-refractivity contribution in [3.8, 4) is 5.75 Å². The molecular weight excluding hydrogens is 693 g/mol. The molecule has 0 saturated carbocycles. The molecule has 0 radical (unpaired) electrons. The molecule has 272 valence electrons.